The summed E-state index contributed by atoms with van der Waals surface area (Å²) in [4.78, 5) is 16.0. The summed E-state index contributed by atoms with van der Waals surface area (Å²) < 4.78 is 0. The van der Waals surface area contributed by atoms with Crippen LogP contribution in [0.3, 0.4) is 0 Å². The Hall–Kier alpha value is -2.16. The molecule has 0 spiro atoms. The third kappa shape index (κ3) is 3.05. The molecule has 1 amide bonds. The van der Waals surface area contributed by atoms with Crippen LogP contribution in [-0.4, -0.2) is 17.9 Å². The molecule has 0 atom stereocenters. The predicted octanol–water partition coefficient (Wildman–Crippen LogP) is 3.37. The SMILES string of the molecule is CCCc1cnc(C)c(-c2ccc(C(=O)NC)cc2)c1. The second-order valence-electron chi connectivity index (χ2n) is 4.88. The van der Waals surface area contributed by atoms with Crippen LogP contribution in [0.1, 0.15) is 35.0 Å². The van der Waals surface area contributed by atoms with Gasteiger partial charge in [-0.2, -0.15) is 0 Å². The minimum atomic E-state index is -0.0638. The van der Waals surface area contributed by atoms with E-state index >= 15 is 0 Å². The van der Waals surface area contributed by atoms with Gasteiger partial charge in [0.1, 0.15) is 0 Å². The summed E-state index contributed by atoms with van der Waals surface area (Å²) in [6.07, 6.45) is 4.09. The maximum Gasteiger partial charge on any atom is 0.251 e. The molecule has 2 aromatic rings. The van der Waals surface area contributed by atoms with Crippen LogP contribution in [0.4, 0.5) is 0 Å². The Balaban J connectivity index is 2.35. The highest BCUT2D eigenvalue weighted by atomic mass is 16.1. The molecule has 0 saturated heterocycles. The van der Waals surface area contributed by atoms with Crippen LogP contribution in [0.2, 0.25) is 0 Å². The normalized spacial score (nSPS) is 10.3. The Morgan fingerprint density at radius 1 is 1.25 bits per heavy atom. The molecule has 20 heavy (non-hydrogen) atoms. The molecule has 1 heterocycles. The van der Waals surface area contributed by atoms with Crippen LogP contribution >= 0.6 is 0 Å². The van der Waals surface area contributed by atoms with Gasteiger partial charge in [-0.3, -0.25) is 9.78 Å². The number of rotatable bonds is 4. The van der Waals surface area contributed by atoms with E-state index in [1.54, 1.807) is 7.05 Å². The van der Waals surface area contributed by atoms with Crippen LogP contribution < -0.4 is 5.32 Å². The number of aryl methyl sites for hydroxylation is 2. The zero-order chi connectivity index (χ0) is 14.5. The number of carbonyl (C=O) groups is 1. The van der Waals surface area contributed by atoms with E-state index < -0.39 is 0 Å². The van der Waals surface area contributed by atoms with E-state index in [9.17, 15) is 4.79 Å². The molecule has 3 heteroatoms. The van der Waals surface area contributed by atoms with Crippen molar-refractivity contribution in [1.82, 2.24) is 10.3 Å². The maximum atomic E-state index is 11.5. The second-order valence-corrected chi connectivity index (χ2v) is 4.88. The first-order valence-corrected chi connectivity index (χ1v) is 6.93. The lowest BCUT2D eigenvalue weighted by molar-refractivity contribution is 0.0963. The Bertz CT molecular complexity index is 603. The molecule has 0 fully saturated rings. The molecule has 0 aliphatic heterocycles. The number of nitrogens with zero attached hydrogens (tertiary/aromatic N) is 1. The van der Waals surface area contributed by atoms with E-state index in [1.165, 1.54) is 5.56 Å². The molecule has 104 valence electrons. The van der Waals surface area contributed by atoms with Crippen molar-refractivity contribution < 1.29 is 4.79 Å². The first-order chi connectivity index (χ1) is 9.65. The highest BCUT2D eigenvalue weighted by molar-refractivity contribution is 5.94. The van der Waals surface area contributed by atoms with Crippen LogP contribution in [0, 0.1) is 6.92 Å². The van der Waals surface area contributed by atoms with E-state index in [2.05, 4.69) is 23.3 Å². The number of pyridine rings is 1. The lowest BCUT2D eigenvalue weighted by atomic mass is 10.00. The molecule has 1 aromatic heterocycles. The molecule has 0 aliphatic carbocycles. The molecule has 0 bridgehead atoms. The van der Waals surface area contributed by atoms with Gasteiger partial charge in [0, 0.05) is 30.1 Å². The molecule has 1 aromatic carbocycles. The minimum absolute atomic E-state index is 0.0638. The summed E-state index contributed by atoms with van der Waals surface area (Å²) in [7, 11) is 1.64. The summed E-state index contributed by atoms with van der Waals surface area (Å²) in [6, 6.07) is 9.84. The molecule has 1 N–H and O–H groups in total. The standard InChI is InChI=1S/C17H20N2O/c1-4-5-13-10-16(12(2)19-11-13)14-6-8-15(9-7-14)17(20)18-3/h6-11H,4-5H2,1-3H3,(H,18,20). The molecule has 0 saturated carbocycles. The van der Waals surface area contributed by atoms with Crippen LogP contribution in [-0.2, 0) is 6.42 Å². The molecule has 3 nitrogen and oxygen atoms in total. The lowest BCUT2D eigenvalue weighted by Gasteiger charge is -2.09. The van der Waals surface area contributed by atoms with Gasteiger partial charge in [0.25, 0.3) is 5.91 Å². The van der Waals surface area contributed by atoms with Crippen LogP contribution in [0.5, 0.6) is 0 Å². The van der Waals surface area contributed by atoms with Gasteiger partial charge < -0.3 is 5.32 Å². The first-order valence-electron chi connectivity index (χ1n) is 6.93. The van der Waals surface area contributed by atoms with Gasteiger partial charge in [-0.25, -0.2) is 0 Å². The average molecular weight is 268 g/mol. The Labute approximate surface area is 120 Å². The number of benzene rings is 1. The van der Waals surface area contributed by atoms with Crippen molar-refractivity contribution in [1.29, 1.82) is 0 Å². The molecule has 0 aliphatic rings. The number of aromatic nitrogens is 1. The summed E-state index contributed by atoms with van der Waals surface area (Å²) in [6.45, 7) is 4.18. The van der Waals surface area contributed by atoms with Gasteiger partial charge in [-0.15, -0.1) is 0 Å². The minimum Gasteiger partial charge on any atom is -0.355 e. The smallest absolute Gasteiger partial charge is 0.251 e. The van der Waals surface area contributed by atoms with Crippen molar-refractivity contribution >= 4 is 5.91 Å². The van der Waals surface area contributed by atoms with Gasteiger partial charge in [0.2, 0.25) is 0 Å². The van der Waals surface area contributed by atoms with Crippen LogP contribution in [0.15, 0.2) is 36.5 Å². The third-order valence-corrected chi connectivity index (χ3v) is 3.37. The van der Waals surface area contributed by atoms with Crippen molar-refractivity contribution in [2.45, 2.75) is 26.7 Å². The van der Waals surface area contributed by atoms with Gasteiger partial charge in [-0.1, -0.05) is 25.5 Å². The molecular formula is C17H20N2O. The third-order valence-electron chi connectivity index (χ3n) is 3.37. The fourth-order valence-electron chi connectivity index (χ4n) is 2.24. The Kier molecular flexibility index (Phi) is 4.51. The molecule has 0 radical (unpaired) electrons. The largest absolute Gasteiger partial charge is 0.355 e. The lowest BCUT2D eigenvalue weighted by Crippen LogP contribution is -2.17. The monoisotopic (exact) mass is 268 g/mol. The average Bonchev–Trinajstić information content (AvgIpc) is 2.49. The van der Waals surface area contributed by atoms with E-state index in [0.29, 0.717) is 5.56 Å². The second kappa shape index (κ2) is 6.33. The number of nitrogens with one attached hydrogen (secondary N) is 1. The maximum absolute atomic E-state index is 11.5. The molecule has 2 rings (SSSR count). The number of hydrogen-bond donors (Lipinski definition) is 1. The summed E-state index contributed by atoms with van der Waals surface area (Å²) in [5, 5.41) is 2.63. The van der Waals surface area contributed by atoms with Crippen molar-refractivity contribution in [3.8, 4) is 11.1 Å². The zero-order valence-electron chi connectivity index (χ0n) is 12.2. The molecule has 0 unspecified atom stereocenters. The van der Waals surface area contributed by atoms with Gasteiger partial charge >= 0.3 is 0 Å². The van der Waals surface area contributed by atoms with Crippen molar-refractivity contribution in [2.24, 2.45) is 0 Å². The fraction of sp³-hybridized carbons (Fsp3) is 0.294. The Morgan fingerprint density at radius 2 is 1.95 bits per heavy atom. The van der Waals surface area contributed by atoms with E-state index in [0.717, 1.165) is 29.7 Å². The van der Waals surface area contributed by atoms with Gasteiger partial charge in [0.05, 0.1) is 0 Å². The predicted molar refractivity (Wildman–Crippen MR) is 81.8 cm³/mol. The summed E-state index contributed by atoms with van der Waals surface area (Å²) in [5.41, 5.74) is 5.17. The molecular weight excluding hydrogens is 248 g/mol. The first kappa shape index (κ1) is 14.3. The van der Waals surface area contributed by atoms with Crippen LogP contribution in [0.25, 0.3) is 11.1 Å². The van der Waals surface area contributed by atoms with Crippen molar-refractivity contribution in [3.63, 3.8) is 0 Å². The summed E-state index contributed by atoms with van der Waals surface area (Å²) >= 11 is 0. The number of hydrogen-bond acceptors (Lipinski definition) is 2. The van der Waals surface area contributed by atoms with E-state index in [-0.39, 0.29) is 5.91 Å². The number of amides is 1. The topological polar surface area (TPSA) is 42.0 Å². The van der Waals surface area contributed by atoms with Gasteiger partial charge in [-0.05, 0) is 42.7 Å². The van der Waals surface area contributed by atoms with Crippen molar-refractivity contribution in [2.75, 3.05) is 7.05 Å². The fourth-order valence-corrected chi connectivity index (χ4v) is 2.24. The highest BCUT2D eigenvalue weighted by Crippen LogP contribution is 2.24. The van der Waals surface area contributed by atoms with E-state index in [4.69, 9.17) is 0 Å². The van der Waals surface area contributed by atoms with Crippen molar-refractivity contribution in [3.05, 3.63) is 53.3 Å². The van der Waals surface area contributed by atoms with Gasteiger partial charge in [0.15, 0.2) is 0 Å². The highest BCUT2D eigenvalue weighted by Gasteiger charge is 2.07. The summed E-state index contributed by atoms with van der Waals surface area (Å²) in [5.74, 6) is -0.0638. The van der Waals surface area contributed by atoms with E-state index in [1.807, 2.05) is 37.4 Å². The number of carbonyl (C=O) groups excluding carboxylic acids is 1. The Morgan fingerprint density at radius 3 is 2.55 bits per heavy atom. The quantitative estimate of drug-likeness (QED) is 0.923. The zero-order valence-corrected chi connectivity index (χ0v) is 12.2.